The average Bonchev–Trinajstić information content (AvgIpc) is 2.74. The molecule has 8 heteroatoms. The van der Waals surface area contributed by atoms with Crippen LogP contribution in [0, 0.1) is 11.6 Å². The van der Waals surface area contributed by atoms with Crippen molar-refractivity contribution in [1.82, 2.24) is 0 Å². The highest BCUT2D eigenvalue weighted by Crippen LogP contribution is 2.18. The lowest BCUT2D eigenvalue weighted by Gasteiger charge is -2.03. The Morgan fingerprint density at radius 3 is 2.63 bits per heavy atom. The molecule has 0 aliphatic carbocycles. The van der Waals surface area contributed by atoms with Gasteiger partial charge >= 0.3 is 0 Å². The number of hydrogen-bond acceptors (Lipinski definition) is 5. The van der Waals surface area contributed by atoms with Crippen LogP contribution >= 0.6 is 0 Å². The van der Waals surface area contributed by atoms with Gasteiger partial charge in [0.2, 0.25) is 5.90 Å². The van der Waals surface area contributed by atoms with Gasteiger partial charge < -0.3 is 4.74 Å². The lowest BCUT2D eigenvalue weighted by molar-refractivity contribution is 0.247. The van der Waals surface area contributed by atoms with E-state index in [2.05, 4.69) is 9.18 Å². The van der Waals surface area contributed by atoms with Crippen LogP contribution in [0.5, 0.6) is 0 Å². The molecular formula is C11H11F2NO4S. The van der Waals surface area contributed by atoms with Gasteiger partial charge in [0.25, 0.3) is 10.1 Å². The maximum absolute atomic E-state index is 13.5. The molecule has 0 aromatic heterocycles. The maximum atomic E-state index is 13.5. The number of benzene rings is 1. The number of rotatable bonds is 4. The van der Waals surface area contributed by atoms with Crippen LogP contribution in [-0.2, 0) is 19.0 Å². The molecule has 1 unspecified atom stereocenters. The highest BCUT2D eigenvalue weighted by atomic mass is 32.2. The fourth-order valence-corrected chi connectivity index (χ4v) is 1.95. The van der Waals surface area contributed by atoms with Gasteiger partial charge in [-0.15, -0.1) is 0 Å². The summed E-state index contributed by atoms with van der Waals surface area (Å²) in [5.74, 6) is -1.76. The van der Waals surface area contributed by atoms with Gasteiger partial charge in [0, 0.05) is 0 Å². The Balaban J connectivity index is 2.15. The Kier molecular flexibility index (Phi) is 3.81. The molecule has 19 heavy (non-hydrogen) atoms. The normalized spacial score (nSPS) is 19.1. The van der Waals surface area contributed by atoms with E-state index in [9.17, 15) is 17.2 Å². The van der Waals surface area contributed by atoms with E-state index in [0.29, 0.717) is 0 Å². The summed E-state index contributed by atoms with van der Waals surface area (Å²) in [7, 11) is -3.58. The number of halogens is 2. The van der Waals surface area contributed by atoms with Crippen LogP contribution in [0.1, 0.15) is 5.56 Å². The topological polar surface area (TPSA) is 65.0 Å². The number of hydrogen-bond donors (Lipinski definition) is 0. The first-order chi connectivity index (χ1) is 8.87. The van der Waals surface area contributed by atoms with Crippen LogP contribution in [0.25, 0.3) is 0 Å². The zero-order valence-electron chi connectivity index (χ0n) is 9.97. The molecule has 1 aliphatic rings. The molecule has 1 atom stereocenters. The van der Waals surface area contributed by atoms with Gasteiger partial charge in [-0.25, -0.2) is 13.8 Å². The van der Waals surface area contributed by atoms with Crippen LogP contribution in [0.3, 0.4) is 0 Å². The Bertz CT molecular complexity index is 595. The predicted octanol–water partition coefficient (Wildman–Crippen LogP) is 1.09. The van der Waals surface area contributed by atoms with Crippen molar-refractivity contribution in [3.63, 3.8) is 0 Å². The summed E-state index contributed by atoms with van der Waals surface area (Å²) < 4.78 is 58.2. The van der Waals surface area contributed by atoms with E-state index in [1.54, 1.807) is 0 Å². The zero-order chi connectivity index (χ0) is 14.0. The molecule has 1 aromatic rings. The quantitative estimate of drug-likeness (QED) is 0.779. The highest BCUT2D eigenvalue weighted by molar-refractivity contribution is 7.85. The minimum absolute atomic E-state index is 0.0125. The van der Waals surface area contributed by atoms with Crippen molar-refractivity contribution in [2.45, 2.75) is 6.04 Å². The Hall–Kier alpha value is -1.54. The third kappa shape index (κ3) is 3.48. The lowest BCUT2D eigenvalue weighted by Crippen LogP contribution is -2.17. The largest absolute Gasteiger partial charge is 0.475 e. The molecule has 0 fully saturated rings. The molecule has 0 amide bonds. The van der Waals surface area contributed by atoms with E-state index < -0.39 is 27.8 Å². The van der Waals surface area contributed by atoms with Gasteiger partial charge in [0.05, 0.1) is 12.9 Å². The van der Waals surface area contributed by atoms with E-state index >= 15 is 0 Å². The van der Waals surface area contributed by atoms with E-state index in [1.165, 1.54) is 6.07 Å². The minimum atomic E-state index is -3.58. The van der Waals surface area contributed by atoms with Crippen LogP contribution in [0.15, 0.2) is 23.2 Å². The minimum Gasteiger partial charge on any atom is -0.475 e. The first-order valence-corrected chi connectivity index (χ1v) is 7.18. The summed E-state index contributed by atoms with van der Waals surface area (Å²) in [6, 6.07) is 2.80. The summed E-state index contributed by atoms with van der Waals surface area (Å²) in [6.45, 7) is -0.211. The number of nitrogens with zero attached hydrogens (tertiary/aromatic N) is 1. The molecule has 0 spiro atoms. The van der Waals surface area contributed by atoms with Crippen LogP contribution in [0.2, 0.25) is 0 Å². The van der Waals surface area contributed by atoms with Crippen molar-refractivity contribution < 1.29 is 26.1 Å². The van der Waals surface area contributed by atoms with Gasteiger partial charge in [0.15, 0.2) is 0 Å². The number of aliphatic imine (C=N–C) groups is 1. The highest BCUT2D eigenvalue weighted by Gasteiger charge is 2.25. The van der Waals surface area contributed by atoms with Gasteiger partial charge in [-0.1, -0.05) is 6.07 Å². The predicted molar refractivity (Wildman–Crippen MR) is 63.4 cm³/mol. The summed E-state index contributed by atoms with van der Waals surface area (Å²) in [4.78, 5) is 3.91. The van der Waals surface area contributed by atoms with Crippen molar-refractivity contribution in [1.29, 1.82) is 0 Å². The molecule has 0 saturated carbocycles. The molecule has 1 aliphatic heterocycles. The summed E-state index contributed by atoms with van der Waals surface area (Å²) >= 11 is 0. The first-order valence-electron chi connectivity index (χ1n) is 5.36. The maximum Gasteiger partial charge on any atom is 0.264 e. The van der Waals surface area contributed by atoms with Gasteiger partial charge in [-0.3, -0.25) is 4.18 Å². The van der Waals surface area contributed by atoms with Gasteiger partial charge in [-0.2, -0.15) is 8.42 Å². The Morgan fingerprint density at radius 2 is 2.05 bits per heavy atom. The van der Waals surface area contributed by atoms with Crippen molar-refractivity contribution >= 4 is 16.0 Å². The van der Waals surface area contributed by atoms with Crippen LogP contribution < -0.4 is 0 Å². The molecule has 5 nitrogen and oxygen atoms in total. The SMILES string of the molecule is CS(=O)(=O)OCC1COC(c2c(F)cccc2F)=N1. The molecule has 0 N–H and O–H groups in total. The van der Waals surface area contributed by atoms with Crippen LogP contribution in [-0.4, -0.2) is 39.8 Å². The van der Waals surface area contributed by atoms with Gasteiger partial charge in [-0.05, 0) is 12.1 Å². The molecule has 104 valence electrons. The van der Waals surface area contributed by atoms with Crippen molar-refractivity contribution in [2.75, 3.05) is 19.5 Å². The van der Waals surface area contributed by atoms with Crippen molar-refractivity contribution in [3.05, 3.63) is 35.4 Å². The molecule has 0 bridgehead atoms. The number of ether oxygens (including phenoxy) is 1. The molecule has 1 aromatic carbocycles. The smallest absolute Gasteiger partial charge is 0.264 e. The summed E-state index contributed by atoms with van der Waals surface area (Å²) in [5, 5.41) is 0. The van der Waals surface area contributed by atoms with E-state index in [0.717, 1.165) is 18.4 Å². The molecular weight excluding hydrogens is 280 g/mol. The zero-order valence-corrected chi connectivity index (χ0v) is 10.8. The Morgan fingerprint density at radius 1 is 1.42 bits per heavy atom. The molecule has 1 heterocycles. The first kappa shape index (κ1) is 13.9. The summed E-state index contributed by atoms with van der Waals surface area (Å²) in [5.41, 5.74) is -0.357. The second-order valence-electron chi connectivity index (χ2n) is 3.98. The third-order valence-electron chi connectivity index (χ3n) is 2.36. The average molecular weight is 291 g/mol. The van der Waals surface area contributed by atoms with E-state index in [4.69, 9.17) is 4.74 Å². The Labute approximate surface area is 109 Å². The van der Waals surface area contributed by atoms with Crippen molar-refractivity contribution in [3.8, 4) is 0 Å². The standard InChI is InChI=1S/C11H11F2NO4S/c1-19(15,16)18-6-7-5-17-11(14-7)10-8(12)3-2-4-9(10)13/h2-4,7H,5-6H2,1H3. The van der Waals surface area contributed by atoms with E-state index in [1.807, 2.05) is 0 Å². The lowest BCUT2D eigenvalue weighted by atomic mass is 10.2. The molecule has 2 rings (SSSR count). The second-order valence-corrected chi connectivity index (χ2v) is 5.63. The monoisotopic (exact) mass is 291 g/mol. The third-order valence-corrected chi connectivity index (χ3v) is 2.93. The van der Waals surface area contributed by atoms with E-state index in [-0.39, 0.29) is 24.7 Å². The van der Waals surface area contributed by atoms with Gasteiger partial charge in [0.1, 0.15) is 29.8 Å². The molecule has 0 radical (unpaired) electrons. The fraction of sp³-hybridized carbons (Fsp3) is 0.364. The fourth-order valence-electron chi connectivity index (χ4n) is 1.54. The summed E-state index contributed by atoms with van der Waals surface area (Å²) in [6.07, 6.45) is 0.907. The second kappa shape index (κ2) is 5.22. The molecule has 0 saturated heterocycles. The van der Waals surface area contributed by atoms with Crippen molar-refractivity contribution in [2.24, 2.45) is 4.99 Å². The van der Waals surface area contributed by atoms with Crippen LogP contribution in [0.4, 0.5) is 8.78 Å².